The number of nitrogens with two attached hydrogens (primary N) is 1. The van der Waals surface area contributed by atoms with Crippen LogP contribution in [0.25, 0.3) is 22.3 Å². The van der Waals surface area contributed by atoms with Gasteiger partial charge in [-0.15, -0.1) is 0 Å². The van der Waals surface area contributed by atoms with Crippen molar-refractivity contribution >= 4 is 83.5 Å². The smallest absolute Gasteiger partial charge is 0.231 e. The summed E-state index contributed by atoms with van der Waals surface area (Å²) in [6.45, 7) is 6.17. The van der Waals surface area contributed by atoms with E-state index in [4.69, 9.17) is 40.1 Å². The summed E-state index contributed by atoms with van der Waals surface area (Å²) in [5.74, 6) is 3.27. The number of rotatable bonds is 10. The summed E-state index contributed by atoms with van der Waals surface area (Å²) >= 11 is 10.2. The molecule has 0 atom stereocenters. The van der Waals surface area contributed by atoms with Gasteiger partial charge in [0.15, 0.2) is 61.4 Å². The number of nitrogens with one attached hydrogen (secondary N) is 2. The van der Waals surface area contributed by atoms with E-state index in [9.17, 15) is 0 Å². The lowest BCUT2D eigenvalue weighted by Gasteiger charge is -2.11. The van der Waals surface area contributed by atoms with Gasteiger partial charge in [0.25, 0.3) is 0 Å². The van der Waals surface area contributed by atoms with Crippen molar-refractivity contribution in [1.29, 1.82) is 5.41 Å². The molecule has 4 aromatic carbocycles. The zero-order chi connectivity index (χ0) is 41.3. The van der Waals surface area contributed by atoms with Gasteiger partial charge in [-0.25, -0.2) is 24.9 Å². The number of hydrogen-bond donors (Lipinski definition) is 3. The number of aryl methyl sites for hydroxylation is 6. The first kappa shape index (κ1) is 39.9. The Morgan fingerprint density at radius 2 is 1.32 bits per heavy atom. The third-order valence-corrected chi connectivity index (χ3v) is 13.9. The molecule has 2 aliphatic heterocycles. The van der Waals surface area contributed by atoms with E-state index < -0.39 is 0 Å². The van der Waals surface area contributed by atoms with Gasteiger partial charge in [0.05, 0.1) is 6.33 Å². The minimum absolute atomic E-state index is 0.182. The first-order chi connectivity index (χ1) is 29.2. The molecule has 2 aliphatic rings. The lowest BCUT2D eigenvalue weighted by Crippen LogP contribution is -2.13. The predicted octanol–water partition coefficient (Wildman–Crippen LogP) is 9.03. The highest BCUT2D eigenvalue weighted by molar-refractivity contribution is 9.10. The van der Waals surface area contributed by atoms with Gasteiger partial charge in [-0.05, 0) is 105 Å². The maximum atomic E-state index is 8.18. The summed E-state index contributed by atoms with van der Waals surface area (Å²) in [6, 6.07) is 24.5. The SMILES string of the molecule is Cc1ccccc1CCn1c(Sc2cc3c(cc2Br)OCO3)nc2c(N)ncnc21.Cc1ccccc1CCn1cnc(=N)c2[nH]c(Sc3cc4c(cc3Br)OCO4)nc21. The number of ether oxygens (including phenoxy) is 4. The molecule has 0 unspecified atom stereocenters. The van der Waals surface area contributed by atoms with Crippen LogP contribution in [0.15, 0.2) is 115 Å². The Morgan fingerprint density at radius 3 is 1.95 bits per heavy atom. The van der Waals surface area contributed by atoms with Gasteiger partial charge in [0.2, 0.25) is 13.6 Å². The normalized spacial score (nSPS) is 12.6. The number of H-pyrrole nitrogens is 1. The van der Waals surface area contributed by atoms with E-state index in [2.05, 4.69) is 113 Å². The number of halogens is 2. The maximum Gasteiger partial charge on any atom is 0.231 e. The number of aromatic nitrogens is 8. The van der Waals surface area contributed by atoms with Crippen molar-refractivity contribution in [2.24, 2.45) is 0 Å². The molecular formula is C42H36Br2N10O4S2. The molecule has 0 radical (unpaired) electrons. The van der Waals surface area contributed by atoms with Gasteiger partial charge in [0, 0.05) is 31.8 Å². The lowest BCUT2D eigenvalue weighted by molar-refractivity contribution is 0.173. The first-order valence-electron chi connectivity index (χ1n) is 18.8. The van der Waals surface area contributed by atoms with Gasteiger partial charge < -0.3 is 38.8 Å². The Kier molecular flexibility index (Phi) is 11.4. The van der Waals surface area contributed by atoms with Crippen LogP contribution in [0.1, 0.15) is 22.3 Å². The first-order valence-corrected chi connectivity index (χ1v) is 22.0. The van der Waals surface area contributed by atoms with E-state index in [0.29, 0.717) is 27.8 Å². The van der Waals surface area contributed by atoms with Crippen molar-refractivity contribution in [3.63, 3.8) is 0 Å². The second kappa shape index (κ2) is 17.2. The number of imidazole rings is 2. The van der Waals surface area contributed by atoms with Crippen LogP contribution in [0.3, 0.4) is 0 Å². The van der Waals surface area contributed by atoms with E-state index >= 15 is 0 Å². The Balaban J connectivity index is 0.000000154. The number of aromatic amines is 1. The average Bonchev–Trinajstić information content (AvgIpc) is 4.06. The highest BCUT2D eigenvalue weighted by atomic mass is 79.9. The number of fused-ring (bicyclic) bond motifs is 4. The Labute approximate surface area is 369 Å². The number of nitrogens with zero attached hydrogens (tertiary/aromatic N) is 7. The van der Waals surface area contributed by atoms with Crippen LogP contribution >= 0.6 is 55.4 Å². The number of hydrogen-bond acceptors (Lipinski definition) is 13. The molecule has 0 aliphatic carbocycles. The molecule has 0 spiro atoms. The van der Waals surface area contributed by atoms with Gasteiger partial charge in [-0.1, -0.05) is 72.1 Å². The van der Waals surface area contributed by atoms with E-state index in [-0.39, 0.29) is 19.1 Å². The van der Waals surface area contributed by atoms with Gasteiger partial charge in [-0.3, -0.25) is 5.41 Å². The molecule has 304 valence electrons. The molecule has 0 saturated heterocycles. The Morgan fingerprint density at radius 1 is 0.733 bits per heavy atom. The van der Waals surface area contributed by atoms with Crippen LogP contribution in [0.4, 0.5) is 5.82 Å². The third kappa shape index (κ3) is 8.28. The standard InChI is InChI=1S/2C21H18BrN5O2S/c1-12-4-2-3-5-13(12)6-7-27-10-24-19(23)18-20(27)26-21(25-18)30-17-9-16-15(8-14(17)22)28-11-29-16;1-12-4-2-3-5-13(12)6-7-27-20-18(19(23)24-10-25-20)26-21(27)30-17-9-16-15(8-14(17)22)28-11-29-16/h2-5,8-10,23H,6-7,11H2,1H3,(H,25,26);2-5,8-10H,6-7,11H2,1H3,(H2,23,24,25). The number of nitrogen functional groups attached to an aromatic ring is 1. The van der Waals surface area contributed by atoms with E-state index in [1.807, 2.05) is 34.9 Å². The van der Waals surface area contributed by atoms with Crippen LogP contribution < -0.4 is 30.2 Å². The van der Waals surface area contributed by atoms with Gasteiger partial charge in [0.1, 0.15) is 11.8 Å². The molecule has 0 saturated carbocycles. The molecule has 0 bridgehead atoms. The Hall–Kier alpha value is -5.56. The molecule has 4 N–H and O–H groups in total. The van der Waals surface area contributed by atoms with Crippen molar-refractivity contribution in [2.45, 2.75) is 59.9 Å². The summed E-state index contributed by atoms with van der Waals surface area (Å²) in [7, 11) is 0. The molecule has 10 rings (SSSR count). The van der Waals surface area contributed by atoms with Gasteiger partial charge in [-0.2, -0.15) is 0 Å². The van der Waals surface area contributed by atoms with Crippen molar-refractivity contribution in [1.82, 2.24) is 39.0 Å². The third-order valence-electron chi connectivity index (χ3n) is 10.0. The minimum atomic E-state index is 0.182. The van der Waals surface area contributed by atoms with Crippen molar-refractivity contribution in [3.8, 4) is 23.0 Å². The predicted molar refractivity (Wildman–Crippen MR) is 236 cm³/mol. The van der Waals surface area contributed by atoms with Crippen LogP contribution in [0.2, 0.25) is 0 Å². The molecule has 60 heavy (non-hydrogen) atoms. The summed E-state index contributed by atoms with van der Waals surface area (Å²) < 4.78 is 27.8. The monoisotopic (exact) mass is 966 g/mol. The number of anilines is 1. The van der Waals surface area contributed by atoms with E-state index in [0.717, 1.165) is 78.4 Å². The largest absolute Gasteiger partial charge is 0.454 e. The summed E-state index contributed by atoms with van der Waals surface area (Å²) in [5.41, 5.74) is 14.1. The quantitative estimate of drug-likeness (QED) is 0.119. The summed E-state index contributed by atoms with van der Waals surface area (Å²) in [4.78, 5) is 27.5. The summed E-state index contributed by atoms with van der Waals surface area (Å²) in [5, 5.41) is 9.66. The molecule has 8 aromatic rings. The fourth-order valence-electron chi connectivity index (χ4n) is 6.80. The molecule has 4 aromatic heterocycles. The van der Waals surface area contributed by atoms with Crippen LogP contribution in [0, 0.1) is 19.3 Å². The van der Waals surface area contributed by atoms with Crippen LogP contribution in [-0.2, 0) is 25.9 Å². The summed E-state index contributed by atoms with van der Waals surface area (Å²) in [6.07, 6.45) is 4.90. The molecule has 6 heterocycles. The van der Waals surface area contributed by atoms with Crippen molar-refractivity contribution in [3.05, 3.63) is 122 Å². The molecule has 0 fully saturated rings. The van der Waals surface area contributed by atoms with Crippen molar-refractivity contribution in [2.75, 3.05) is 19.3 Å². The molecule has 14 nitrogen and oxygen atoms in total. The van der Waals surface area contributed by atoms with Crippen molar-refractivity contribution < 1.29 is 18.9 Å². The second-order valence-electron chi connectivity index (χ2n) is 13.8. The fourth-order valence-corrected chi connectivity index (χ4v) is 9.69. The fraction of sp³-hybridized carbons (Fsp3) is 0.190. The molecule has 18 heteroatoms. The van der Waals surface area contributed by atoms with Gasteiger partial charge >= 0.3 is 0 Å². The van der Waals surface area contributed by atoms with E-state index in [1.54, 1.807) is 6.33 Å². The highest BCUT2D eigenvalue weighted by Crippen LogP contribution is 2.44. The maximum absolute atomic E-state index is 8.18. The van der Waals surface area contributed by atoms with Crippen LogP contribution in [-0.4, -0.2) is 52.6 Å². The topological polar surface area (TPSA) is 177 Å². The zero-order valence-electron chi connectivity index (χ0n) is 32.2. The average molecular weight is 969 g/mol. The van der Waals surface area contributed by atoms with Crippen LogP contribution in [0.5, 0.6) is 23.0 Å². The second-order valence-corrected chi connectivity index (χ2v) is 17.6. The zero-order valence-corrected chi connectivity index (χ0v) is 37.0. The van der Waals surface area contributed by atoms with E-state index in [1.165, 1.54) is 52.1 Å². The lowest BCUT2D eigenvalue weighted by atomic mass is 10.1. The molecular weight excluding hydrogens is 932 g/mol. The highest BCUT2D eigenvalue weighted by Gasteiger charge is 2.22. The molecule has 0 amide bonds. The Bertz CT molecular complexity index is 2970. The number of benzene rings is 4. The minimum Gasteiger partial charge on any atom is -0.454 e.